The lowest BCUT2D eigenvalue weighted by Gasteiger charge is -2.18. The molecule has 0 aliphatic heterocycles. The predicted octanol–water partition coefficient (Wildman–Crippen LogP) is 3.19. The Kier molecular flexibility index (Phi) is 6.12. The number of carbonyl (C=O) groups is 1. The minimum absolute atomic E-state index is 0.0880. The molecule has 1 amide bonds. The fourth-order valence-electron chi connectivity index (χ4n) is 2.10. The molecule has 0 radical (unpaired) electrons. The maximum absolute atomic E-state index is 13.2. The number of pyridine rings is 1. The first-order valence-corrected chi connectivity index (χ1v) is 7.83. The van der Waals surface area contributed by atoms with Gasteiger partial charge in [-0.25, -0.2) is 9.37 Å². The molecule has 6 heteroatoms. The molecule has 128 valence electrons. The molecule has 0 saturated heterocycles. The number of nitrogens with one attached hydrogen (secondary N) is 1. The van der Waals surface area contributed by atoms with Crippen LogP contribution < -0.4 is 10.1 Å². The molecule has 0 saturated carbocycles. The lowest BCUT2D eigenvalue weighted by molar-refractivity contribution is 0.0827. The van der Waals surface area contributed by atoms with Crippen molar-refractivity contribution in [3.05, 3.63) is 54.0 Å². The van der Waals surface area contributed by atoms with Crippen LogP contribution in [0.2, 0.25) is 0 Å². The quantitative estimate of drug-likeness (QED) is 0.846. The van der Waals surface area contributed by atoms with Gasteiger partial charge in [0.25, 0.3) is 5.91 Å². The summed E-state index contributed by atoms with van der Waals surface area (Å²) in [6.07, 6.45) is 2.19. The van der Waals surface area contributed by atoms with Crippen molar-refractivity contribution >= 4 is 11.7 Å². The number of anilines is 1. The number of hydrogen-bond donors (Lipinski definition) is 1. The lowest BCUT2D eigenvalue weighted by atomic mass is 10.2. The summed E-state index contributed by atoms with van der Waals surface area (Å²) in [5.41, 5.74) is 0.536. The maximum Gasteiger partial charge on any atom is 0.254 e. The Morgan fingerprint density at radius 2 is 2.12 bits per heavy atom. The third-order valence-corrected chi connectivity index (χ3v) is 3.48. The molecule has 0 bridgehead atoms. The van der Waals surface area contributed by atoms with Crippen LogP contribution in [0.25, 0.3) is 0 Å². The third kappa shape index (κ3) is 4.94. The molecule has 0 unspecified atom stereocenters. The Labute approximate surface area is 141 Å². The van der Waals surface area contributed by atoms with Crippen molar-refractivity contribution in [2.45, 2.75) is 19.4 Å². The Balaban J connectivity index is 1.92. The van der Waals surface area contributed by atoms with Gasteiger partial charge in [0.15, 0.2) is 0 Å². The molecule has 1 aromatic heterocycles. The van der Waals surface area contributed by atoms with Crippen molar-refractivity contribution < 1.29 is 13.9 Å². The van der Waals surface area contributed by atoms with E-state index in [9.17, 15) is 9.18 Å². The largest absolute Gasteiger partial charge is 0.489 e. The van der Waals surface area contributed by atoms with Crippen LogP contribution in [0.5, 0.6) is 5.75 Å². The van der Waals surface area contributed by atoms with Crippen LogP contribution >= 0.6 is 0 Å². The molecule has 24 heavy (non-hydrogen) atoms. The summed E-state index contributed by atoms with van der Waals surface area (Å²) in [4.78, 5) is 17.6. The zero-order chi connectivity index (χ0) is 17.5. The van der Waals surface area contributed by atoms with Gasteiger partial charge in [0, 0.05) is 26.4 Å². The summed E-state index contributed by atoms with van der Waals surface area (Å²) in [6, 6.07) is 9.57. The summed E-state index contributed by atoms with van der Waals surface area (Å²) in [5.74, 6) is 0.753. The van der Waals surface area contributed by atoms with Crippen LogP contribution in [0, 0.1) is 5.82 Å². The first-order valence-electron chi connectivity index (χ1n) is 7.83. The minimum Gasteiger partial charge on any atom is -0.489 e. The van der Waals surface area contributed by atoms with E-state index in [0.29, 0.717) is 23.7 Å². The third-order valence-electron chi connectivity index (χ3n) is 3.48. The van der Waals surface area contributed by atoms with E-state index in [0.717, 1.165) is 6.42 Å². The number of halogens is 1. The van der Waals surface area contributed by atoms with E-state index in [1.165, 1.54) is 17.0 Å². The molecular formula is C18H22FN3O2. The summed E-state index contributed by atoms with van der Waals surface area (Å²) < 4.78 is 19.0. The number of carbonyl (C=O) groups excluding carboxylic acids is 1. The van der Waals surface area contributed by atoms with Gasteiger partial charge in [0.05, 0.1) is 12.1 Å². The Morgan fingerprint density at radius 3 is 2.71 bits per heavy atom. The number of aromatic nitrogens is 1. The molecule has 1 atom stereocenters. The molecule has 0 fully saturated rings. The molecule has 1 N–H and O–H groups in total. The van der Waals surface area contributed by atoms with Gasteiger partial charge >= 0.3 is 0 Å². The Bertz CT molecular complexity index is 674. The smallest absolute Gasteiger partial charge is 0.254 e. The van der Waals surface area contributed by atoms with E-state index in [2.05, 4.69) is 10.3 Å². The fraction of sp³-hybridized carbons (Fsp3) is 0.333. The van der Waals surface area contributed by atoms with Crippen LogP contribution in [0.1, 0.15) is 23.7 Å². The standard InChI is InChI=1S/C18H22FN3O2/c1-4-15(24-16-7-5-6-14(19)10-16)12-21-17-9-8-13(11-20-17)18(23)22(2)3/h5-11,15H,4,12H2,1-3H3,(H,20,21)/t15-/m1/s1. The van der Waals surface area contributed by atoms with Gasteiger partial charge in [0.2, 0.25) is 0 Å². The lowest BCUT2D eigenvalue weighted by Crippen LogP contribution is -2.26. The van der Waals surface area contributed by atoms with Gasteiger partial charge in [0.1, 0.15) is 23.5 Å². The Hall–Kier alpha value is -2.63. The second kappa shape index (κ2) is 8.29. The summed E-state index contributed by atoms with van der Waals surface area (Å²) in [7, 11) is 3.40. The molecule has 5 nitrogen and oxygen atoms in total. The van der Waals surface area contributed by atoms with Crippen LogP contribution in [0.15, 0.2) is 42.6 Å². The normalized spacial score (nSPS) is 11.7. The number of nitrogens with zero attached hydrogens (tertiary/aromatic N) is 2. The maximum atomic E-state index is 13.2. The van der Waals surface area contributed by atoms with Gasteiger partial charge in [-0.3, -0.25) is 4.79 Å². The molecule has 2 aromatic rings. The average Bonchev–Trinajstić information content (AvgIpc) is 2.58. The zero-order valence-corrected chi connectivity index (χ0v) is 14.1. The van der Waals surface area contributed by atoms with E-state index in [4.69, 9.17) is 4.74 Å². The van der Waals surface area contributed by atoms with E-state index in [1.807, 2.05) is 6.92 Å². The molecule has 1 heterocycles. The molecule has 0 spiro atoms. The van der Waals surface area contributed by atoms with Crippen LogP contribution in [-0.2, 0) is 0 Å². The molecule has 0 aliphatic rings. The zero-order valence-electron chi connectivity index (χ0n) is 14.1. The highest BCUT2D eigenvalue weighted by Gasteiger charge is 2.11. The van der Waals surface area contributed by atoms with Crippen LogP contribution in [-0.4, -0.2) is 42.5 Å². The highest BCUT2D eigenvalue weighted by atomic mass is 19.1. The number of rotatable bonds is 7. The highest BCUT2D eigenvalue weighted by Crippen LogP contribution is 2.15. The van der Waals surface area contributed by atoms with Gasteiger partial charge < -0.3 is 15.0 Å². The van der Waals surface area contributed by atoms with Crippen molar-refractivity contribution in [3.63, 3.8) is 0 Å². The van der Waals surface area contributed by atoms with Gasteiger partial charge in [-0.15, -0.1) is 0 Å². The number of hydrogen-bond acceptors (Lipinski definition) is 4. The first-order chi connectivity index (χ1) is 11.5. The van der Waals surface area contributed by atoms with Crippen LogP contribution in [0.4, 0.5) is 10.2 Å². The molecular weight excluding hydrogens is 309 g/mol. The fourth-order valence-corrected chi connectivity index (χ4v) is 2.10. The van der Waals surface area contributed by atoms with Crippen molar-refractivity contribution in [1.82, 2.24) is 9.88 Å². The van der Waals surface area contributed by atoms with Gasteiger partial charge in [-0.1, -0.05) is 13.0 Å². The predicted molar refractivity (Wildman–Crippen MR) is 91.9 cm³/mol. The first kappa shape index (κ1) is 17.7. The van der Waals surface area contributed by atoms with Crippen molar-refractivity contribution in [1.29, 1.82) is 0 Å². The number of ether oxygens (including phenoxy) is 1. The second-order valence-corrected chi connectivity index (χ2v) is 5.62. The van der Waals surface area contributed by atoms with Gasteiger partial charge in [-0.05, 0) is 30.7 Å². The van der Waals surface area contributed by atoms with E-state index in [-0.39, 0.29) is 17.8 Å². The summed E-state index contributed by atoms with van der Waals surface area (Å²) in [5, 5.41) is 3.17. The Morgan fingerprint density at radius 1 is 1.33 bits per heavy atom. The summed E-state index contributed by atoms with van der Waals surface area (Å²) >= 11 is 0. The summed E-state index contributed by atoms with van der Waals surface area (Å²) in [6.45, 7) is 2.53. The number of benzene rings is 1. The monoisotopic (exact) mass is 331 g/mol. The second-order valence-electron chi connectivity index (χ2n) is 5.62. The van der Waals surface area contributed by atoms with Crippen molar-refractivity contribution in [2.75, 3.05) is 26.0 Å². The molecule has 1 aromatic carbocycles. The van der Waals surface area contributed by atoms with E-state index in [1.54, 1.807) is 44.6 Å². The average molecular weight is 331 g/mol. The van der Waals surface area contributed by atoms with Crippen molar-refractivity contribution in [2.24, 2.45) is 0 Å². The minimum atomic E-state index is -0.321. The van der Waals surface area contributed by atoms with E-state index < -0.39 is 0 Å². The van der Waals surface area contributed by atoms with Gasteiger partial charge in [-0.2, -0.15) is 0 Å². The highest BCUT2D eigenvalue weighted by molar-refractivity contribution is 5.93. The van der Waals surface area contributed by atoms with Crippen molar-refractivity contribution in [3.8, 4) is 5.75 Å². The molecule has 2 rings (SSSR count). The van der Waals surface area contributed by atoms with Crippen LogP contribution in [0.3, 0.4) is 0 Å². The SMILES string of the molecule is CC[C@H](CNc1ccc(C(=O)N(C)C)cn1)Oc1cccc(F)c1. The van der Waals surface area contributed by atoms with E-state index >= 15 is 0 Å². The topological polar surface area (TPSA) is 54.5 Å². The number of amides is 1. The molecule has 0 aliphatic carbocycles.